The third kappa shape index (κ3) is 3.90. The molecule has 1 aromatic heterocycles. The highest BCUT2D eigenvalue weighted by atomic mass is 35.5. The molecule has 2 fully saturated rings. The summed E-state index contributed by atoms with van der Waals surface area (Å²) in [7, 11) is 0. The summed E-state index contributed by atoms with van der Waals surface area (Å²) in [5.41, 5.74) is 0.913. The van der Waals surface area contributed by atoms with Gasteiger partial charge in [-0.25, -0.2) is 4.98 Å². The maximum Gasteiger partial charge on any atom is 0.227 e. The van der Waals surface area contributed by atoms with Crippen LogP contribution in [0.3, 0.4) is 0 Å². The Balaban J connectivity index is 1.34. The van der Waals surface area contributed by atoms with Crippen LogP contribution in [0.1, 0.15) is 43.0 Å². The van der Waals surface area contributed by atoms with Gasteiger partial charge in [-0.05, 0) is 43.2 Å². The molecule has 2 aromatic rings. The summed E-state index contributed by atoms with van der Waals surface area (Å²) in [6, 6.07) is 7.60. The highest BCUT2D eigenvalue weighted by Crippen LogP contribution is 2.33. The zero-order chi connectivity index (χ0) is 17.2. The number of aromatic nitrogens is 2. The minimum atomic E-state index is 0.174. The molecule has 1 aliphatic heterocycles. The lowest BCUT2D eigenvalue weighted by atomic mass is 9.95. The number of carbonyl (C=O) groups is 1. The Hall–Kier alpha value is -1.81. The Morgan fingerprint density at radius 3 is 2.64 bits per heavy atom. The molecule has 1 saturated heterocycles. The molecule has 0 unspecified atom stereocenters. The smallest absolute Gasteiger partial charge is 0.227 e. The van der Waals surface area contributed by atoms with Crippen molar-refractivity contribution in [2.45, 2.75) is 44.6 Å². The molecular weight excluding hydrogens is 334 g/mol. The SMILES string of the molecule is O=C(Cc1ccccc1Cl)N1CCC(c2nccn2CC2CC2)CC1. The third-order valence-electron chi connectivity index (χ3n) is 5.41. The largest absolute Gasteiger partial charge is 0.342 e. The first-order chi connectivity index (χ1) is 12.2. The van der Waals surface area contributed by atoms with Crippen molar-refractivity contribution in [1.29, 1.82) is 0 Å². The van der Waals surface area contributed by atoms with Gasteiger partial charge in [-0.15, -0.1) is 0 Å². The fourth-order valence-electron chi connectivity index (χ4n) is 3.72. The second kappa shape index (κ2) is 7.20. The average molecular weight is 358 g/mol. The molecule has 1 aromatic carbocycles. The van der Waals surface area contributed by atoms with Crippen molar-refractivity contribution in [1.82, 2.24) is 14.5 Å². The van der Waals surface area contributed by atoms with Crippen LogP contribution in [0.15, 0.2) is 36.7 Å². The van der Waals surface area contributed by atoms with Crippen molar-refractivity contribution in [2.75, 3.05) is 13.1 Å². The van der Waals surface area contributed by atoms with E-state index >= 15 is 0 Å². The molecule has 2 heterocycles. The number of halogens is 1. The van der Waals surface area contributed by atoms with Crippen molar-refractivity contribution >= 4 is 17.5 Å². The predicted molar refractivity (Wildman–Crippen MR) is 98.7 cm³/mol. The third-order valence-corrected chi connectivity index (χ3v) is 5.78. The van der Waals surface area contributed by atoms with E-state index in [2.05, 4.69) is 15.7 Å². The Kier molecular flexibility index (Phi) is 4.80. The van der Waals surface area contributed by atoms with E-state index in [0.29, 0.717) is 17.4 Å². The number of likely N-dealkylation sites (tertiary alicyclic amines) is 1. The molecule has 2 aliphatic rings. The molecule has 0 radical (unpaired) electrons. The number of hydrogen-bond donors (Lipinski definition) is 0. The minimum Gasteiger partial charge on any atom is -0.342 e. The quantitative estimate of drug-likeness (QED) is 0.814. The lowest BCUT2D eigenvalue weighted by molar-refractivity contribution is -0.131. The molecule has 0 bridgehead atoms. The first kappa shape index (κ1) is 16.6. The minimum absolute atomic E-state index is 0.174. The molecule has 5 heteroatoms. The second-order valence-corrected chi connectivity index (χ2v) is 7.71. The van der Waals surface area contributed by atoms with Crippen molar-refractivity contribution in [3.63, 3.8) is 0 Å². The average Bonchev–Trinajstić information content (AvgIpc) is 3.32. The van der Waals surface area contributed by atoms with Gasteiger partial charge in [0.1, 0.15) is 5.82 Å². The van der Waals surface area contributed by atoms with Crippen LogP contribution in [0.25, 0.3) is 0 Å². The summed E-state index contributed by atoms with van der Waals surface area (Å²) in [5.74, 6) is 2.71. The van der Waals surface area contributed by atoms with Gasteiger partial charge in [0, 0.05) is 43.0 Å². The number of imidazole rings is 1. The number of rotatable bonds is 5. The van der Waals surface area contributed by atoms with E-state index in [1.54, 1.807) is 0 Å². The van der Waals surface area contributed by atoms with E-state index in [1.165, 1.54) is 18.7 Å². The normalized spacial score (nSPS) is 18.5. The Labute approximate surface area is 153 Å². The molecule has 0 N–H and O–H groups in total. The van der Waals surface area contributed by atoms with E-state index in [9.17, 15) is 4.79 Å². The zero-order valence-electron chi connectivity index (χ0n) is 14.4. The monoisotopic (exact) mass is 357 g/mol. The van der Waals surface area contributed by atoms with Crippen molar-refractivity contribution < 1.29 is 4.79 Å². The molecule has 25 heavy (non-hydrogen) atoms. The molecular formula is C20H24ClN3O. The van der Waals surface area contributed by atoms with Gasteiger partial charge in [0.2, 0.25) is 5.91 Å². The van der Waals surface area contributed by atoms with Gasteiger partial charge in [-0.1, -0.05) is 29.8 Å². The number of amides is 1. The van der Waals surface area contributed by atoms with E-state index < -0.39 is 0 Å². The van der Waals surface area contributed by atoms with E-state index in [-0.39, 0.29) is 5.91 Å². The summed E-state index contributed by atoms with van der Waals surface area (Å²) in [4.78, 5) is 19.2. The van der Waals surface area contributed by atoms with Gasteiger partial charge >= 0.3 is 0 Å². The van der Waals surface area contributed by atoms with Gasteiger partial charge in [0.15, 0.2) is 0 Å². The highest BCUT2D eigenvalue weighted by Gasteiger charge is 2.28. The Morgan fingerprint density at radius 1 is 1.16 bits per heavy atom. The lowest BCUT2D eigenvalue weighted by Gasteiger charge is -2.32. The van der Waals surface area contributed by atoms with Crippen molar-refractivity contribution in [3.8, 4) is 0 Å². The maximum atomic E-state index is 12.6. The van der Waals surface area contributed by atoms with Gasteiger partial charge in [-0.3, -0.25) is 4.79 Å². The summed E-state index contributed by atoms with van der Waals surface area (Å²) in [5, 5.41) is 0.674. The molecule has 0 spiro atoms. The van der Waals surface area contributed by atoms with E-state index in [1.807, 2.05) is 35.4 Å². The molecule has 0 atom stereocenters. The van der Waals surface area contributed by atoms with Gasteiger partial charge in [0.25, 0.3) is 0 Å². The summed E-state index contributed by atoms with van der Waals surface area (Å²) < 4.78 is 2.34. The van der Waals surface area contributed by atoms with E-state index in [4.69, 9.17) is 11.6 Å². The zero-order valence-corrected chi connectivity index (χ0v) is 15.2. The van der Waals surface area contributed by atoms with Crippen molar-refractivity contribution in [3.05, 3.63) is 53.1 Å². The number of hydrogen-bond acceptors (Lipinski definition) is 2. The topological polar surface area (TPSA) is 38.1 Å². The fraction of sp³-hybridized carbons (Fsp3) is 0.500. The first-order valence-electron chi connectivity index (χ1n) is 9.23. The van der Waals surface area contributed by atoms with Gasteiger partial charge in [0.05, 0.1) is 6.42 Å². The standard InChI is InChI=1S/C20H24ClN3O/c21-18-4-2-1-3-17(18)13-19(25)23-10-7-16(8-11-23)20-22-9-12-24(20)14-15-5-6-15/h1-4,9,12,15-16H,5-8,10-11,13-14H2. The number of nitrogens with zero attached hydrogens (tertiary/aromatic N) is 3. The van der Waals surface area contributed by atoms with Crippen LogP contribution in [0.5, 0.6) is 0 Å². The van der Waals surface area contributed by atoms with Crippen molar-refractivity contribution in [2.24, 2.45) is 5.92 Å². The van der Waals surface area contributed by atoms with Crippen LogP contribution in [0, 0.1) is 5.92 Å². The molecule has 132 valence electrons. The first-order valence-corrected chi connectivity index (χ1v) is 9.60. The Morgan fingerprint density at radius 2 is 1.92 bits per heavy atom. The predicted octanol–water partition coefficient (Wildman–Crippen LogP) is 3.90. The van der Waals surface area contributed by atoms with Crippen LogP contribution in [0.4, 0.5) is 0 Å². The number of benzene rings is 1. The molecule has 1 aliphatic carbocycles. The summed E-state index contributed by atoms with van der Waals surface area (Å²) in [6.07, 6.45) is 9.13. The van der Waals surface area contributed by atoms with Gasteiger partial charge < -0.3 is 9.47 Å². The lowest BCUT2D eigenvalue weighted by Crippen LogP contribution is -2.39. The number of carbonyl (C=O) groups excluding carboxylic acids is 1. The Bertz CT molecular complexity index is 745. The van der Waals surface area contributed by atoms with Crippen LogP contribution in [-0.4, -0.2) is 33.4 Å². The van der Waals surface area contributed by atoms with Crippen LogP contribution in [0.2, 0.25) is 5.02 Å². The van der Waals surface area contributed by atoms with E-state index in [0.717, 1.165) is 44.0 Å². The summed E-state index contributed by atoms with van der Waals surface area (Å²) >= 11 is 6.18. The van der Waals surface area contributed by atoms with Crippen LogP contribution < -0.4 is 0 Å². The van der Waals surface area contributed by atoms with Crippen LogP contribution >= 0.6 is 11.6 Å². The maximum absolute atomic E-state index is 12.6. The number of piperidine rings is 1. The van der Waals surface area contributed by atoms with Crippen LogP contribution in [-0.2, 0) is 17.8 Å². The highest BCUT2D eigenvalue weighted by molar-refractivity contribution is 6.31. The summed E-state index contributed by atoms with van der Waals surface area (Å²) in [6.45, 7) is 2.73. The second-order valence-electron chi connectivity index (χ2n) is 7.30. The van der Waals surface area contributed by atoms with Gasteiger partial charge in [-0.2, -0.15) is 0 Å². The fourth-order valence-corrected chi connectivity index (χ4v) is 3.92. The molecule has 4 rings (SSSR count). The molecule has 1 amide bonds. The molecule has 1 saturated carbocycles. The molecule has 4 nitrogen and oxygen atoms in total.